The minimum Gasteiger partial charge on any atom is -0.369 e. The molecule has 1 saturated heterocycles. The highest BCUT2D eigenvalue weighted by molar-refractivity contribution is 5.90. The second kappa shape index (κ2) is 7.29. The Kier molecular flexibility index (Phi) is 4.94. The SMILES string of the molecule is CC(C)CC1(CNc2ccc(C(F)(F)F)c(-c3[nH]nc4ncccc34)n2)CNC1.[HH]. The summed E-state index contributed by atoms with van der Waals surface area (Å²) in [5.41, 5.74) is -0.315. The molecule has 0 amide bonds. The van der Waals surface area contributed by atoms with E-state index in [-0.39, 0.29) is 18.2 Å². The number of alkyl halides is 3. The lowest BCUT2D eigenvalue weighted by Crippen LogP contribution is -2.57. The molecule has 4 rings (SSSR count). The highest BCUT2D eigenvalue weighted by Gasteiger charge is 2.38. The van der Waals surface area contributed by atoms with E-state index in [0.717, 1.165) is 25.6 Å². The van der Waals surface area contributed by atoms with Gasteiger partial charge in [0.1, 0.15) is 11.5 Å². The summed E-state index contributed by atoms with van der Waals surface area (Å²) in [5, 5.41) is 13.7. The molecular formula is C20H25F3N6. The van der Waals surface area contributed by atoms with E-state index >= 15 is 0 Å². The summed E-state index contributed by atoms with van der Waals surface area (Å²) < 4.78 is 40.9. The van der Waals surface area contributed by atoms with Gasteiger partial charge in [0.05, 0.1) is 11.3 Å². The molecule has 0 aromatic carbocycles. The molecular weight excluding hydrogens is 381 g/mol. The number of hydrogen-bond donors (Lipinski definition) is 3. The first-order valence-electron chi connectivity index (χ1n) is 9.60. The summed E-state index contributed by atoms with van der Waals surface area (Å²) in [5.74, 6) is 0.952. The van der Waals surface area contributed by atoms with E-state index in [1.165, 1.54) is 6.07 Å². The number of rotatable bonds is 6. The number of nitrogens with one attached hydrogen (secondary N) is 3. The van der Waals surface area contributed by atoms with Crippen LogP contribution in [-0.2, 0) is 6.18 Å². The van der Waals surface area contributed by atoms with Gasteiger partial charge in [-0.2, -0.15) is 18.3 Å². The molecule has 3 aromatic heterocycles. The summed E-state index contributed by atoms with van der Waals surface area (Å²) in [6.07, 6.45) is -1.95. The van der Waals surface area contributed by atoms with Gasteiger partial charge >= 0.3 is 6.18 Å². The Hall–Kier alpha value is -2.68. The molecule has 1 aliphatic rings. The van der Waals surface area contributed by atoms with Crippen LogP contribution in [0.2, 0.25) is 0 Å². The molecule has 3 aromatic rings. The Labute approximate surface area is 167 Å². The summed E-state index contributed by atoms with van der Waals surface area (Å²) in [7, 11) is 0. The van der Waals surface area contributed by atoms with Gasteiger partial charge in [-0.1, -0.05) is 13.8 Å². The second-order valence-corrected chi connectivity index (χ2v) is 8.12. The molecule has 0 radical (unpaired) electrons. The lowest BCUT2D eigenvalue weighted by atomic mass is 9.75. The number of fused-ring (bicyclic) bond motifs is 1. The second-order valence-electron chi connectivity index (χ2n) is 8.12. The highest BCUT2D eigenvalue weighted by atomic mass is 19.4. The number of nitrogens with zero attached hydrogens (tertiary/aromatic N) is 3. The van der Waals surface area contributed by atoms with Crippen LogP contribution in [0, 0.1) is 11.3 Å². The molecule has 156 valence electrons. The number of anilines is 1. The predicted octanol–water partition coefficient (Wildman–Crippen LogP) is 4.33. The number of aromatic nitrogens is 4. The van der Waals surface area contributed by atoms with E-state index in [0.29, 0.717) is 29.3 Å². The van der Waals surface area contributed by atoms with E-state index in [2.05, 4.69) is 44.6 Å². The molecule has 0 aliphatic carbocycles. The van der Waals surface area contributed by atoms with Crippen LogP contribution in [0.4, 0.5) is 19.0 Å². The predicted molar refractivity (Wildman–Crippen MR) is 107 cm³/mol. The molecule has 1 fully saturated rings. The lowest BCUT2D eigenvalue weighted by Gasteiger charge is -2.44. The van der Waals surface area contributed by atoms with Crippen LogP contribution in [0.1, 0.15) is 27.3 Å². The molecule has 1 aliphatic heterocycles. The third-order valence-electron chi connectivity index (χ3n) is 5.25. The van der Waals surface area contributed by atoms with Crippen molar-refractivity contribution in [2.45, 2.75) is 26.4 Å². The van der Waals surface area contributed by atoms with Gasteiger partial charge in [0, 0.05) is 38.1 Å². The van der Waals surface area contributed by atoms with Crippen LogP contribution >= 0.6 is 0 Å². The van der Waals surface area contributed by atoms with Crippen molar-refractivity contribution >= 4 is 16.9 Å². The fourth-order valence-corrected chi connectivity index (χ4v) is 3.97. The first-order chi connectivity index (χ1) is 13.8. The lowest BCUT2D eigenvalue weighted by molar-refractivity contribution is -0.137. The van der Waals surface area contributed by atoms with E-state index in [4.69, 9.17) is 0 Å². The van der Waals surface area contributed by atoms with Crippen LogP contribution in [0.5, 0.6) is 0 Å². The van der Waals surface area contributed by atoms with Crippen molar-refractivity contribution in [1.29, 1.82) is 0 Å². The number of pyridine rings is 2. The van der Waals surface area contributed by atoms with Crippen molar-refractivity contribution in [1.82, 2.24) is 25.5 Å². The molecule has 0 atom stereocenters. The van der Waals surface area contributed by atoms with Gasteiger partial charge in [0.15, 0.2) is 5.65 Å². The number of halogens is 3. The zero-order chi connectivity index (χ0) is 20.6. The van der Waals surface area contributed by atoms with Gasteiger partial charge < -0.3 is 10.6 Å². The topological polar surface area (TPSA) is 78.5 Å². The fourth-order valence-electron chi connectivity index (χ4n) is 3.97. The average molecular weight is 406 g/mol. The summed E-state index contributed by atoms with van der Waals surface area (Å²) in [4.78, 5) is 8.40. The Morgan fingerprint density at radius 3 is 2.69 bits per heavy atom. The van der Waals surface area contributed by atoms with E-state index < -0.39 is 11.7 Å². The third-order valence-corrected chi connectivity index (χ3v) is 5.25. The summed E-state index contributed by atoms with van der Waals surface area (Å²) in [6, 6.07) is 5.80. The molecule has 0 unspecified atom stereocenters. The minimum absolute atomic E-state index is 0. The molecule has 4 heterocycles. The zero-order valence-electron chi connectivity index (χ0n) is 16.3. The average Bonchev–Trinajstić information content (AvgIpc) is 3.06. The Balaban J connectivity index is 0.00000256. The molecule has 0 saturated carbocycles. The van der Waals surface area contributed by atoms with Crippen molar-refractivity contribution in [2.24, 2.45) is 11.3 Å². The van der Waals surface area contributed by atoms with Crippen molar-refractivity contribution in [3.8, 4) is 11.4 Å². The van der Waals surface area contributed by atoms with Crippen LogP contribution in [0.15, 0.2) is 30.5 Å². The first kappa shape index (κ1) is 19.6. The molecule has 0 bridgehead atoms. The fraction of sp³-hybridized carbons (Fsp3) is 0.450. The number of aromatic amines is 1. The Bertz CT molecular complexity index is 1010. The summed E-state index contributed by atoms with van der Waals surface area (Å²) in [6.45, 7) is 6.78. The van der Waals surface area contributed by atoms with E-state index in [1.807, 2.05) is 0 Å². The zero-order valence-corrected chi connectivity index (χ0v) is 16.3. The van der Waals surface area contributed by atoms with Crippen LogP contribution < -0.4 is 10.6 Å². The summed E-state index contributed by atoms with van der Waals surface area (Å²) >= 11 is 0. The standard InChI is InChI=1S/C20H23F3N6.H2/c1-12(2)8-19(9-24-10-19)11-26-15-6-5-14(20(21,22)23)17(27-15)16-13-4-3-7-25-18(13)29-28-16;/h3-7,12,24H,8-11H2,1-2H3,(H,26,27)(H,25,28,29);1H. The van der Waals surface area contributed by atoms with Crippen LogP contribution in [-0.4, -0.2) is 39.8 Å². The molecule has 0 spiro atoms. The maximum atomic E-state index is 13.6. The van der Waals surface area contributed by atoms with Gasteiger partial charge in [-0.05, 0) is 36.6 Å². The Morgan fingerprint density at radius 1 is 1.24 bits per heavy atom. The third kappa shape index (κ3) is 3.91. The maximum absolute atomic E-state index is 13.6. The van der Waals surface area contributed by atoms with Crippen LogP contribution in [0.25, 0.3) is 22.4 Å². The molecule has 6 nitrogen and oxygen atoms in total. The minimum atomic E-state index is -4.53. The number of H-pyrrole nitrogens is 1. The van der Waals surface area contributed by atoms with E-state index in [9.17, 15) is 13.2 Å². The van der Waals surface area contributed by atoms with Gasteiger partial charge in [-0.25, -0.2) is 9.97 Å². The quantitative estimate of drug-likeness (QED) is 0.568. The van der Waals surface area contributed by atoms with Gasteiger partial charge in [-0.3, -0.25) is 5.10 Å². The van der Waals surface area contributed by atoms with Gasteiger partial charge in [0.2, 0.25) is 0 Å². The smallest absolute Gasteiger partial charge is 0.369 e. The van der Waals surface area contributed by atoms with Crippen molar-refractivity contribution in [3.63, 3.8) is 0 Å². The maximum Gasteiger partial charge on any atom is 0.418 e. The van der Waals surface area contributed by atoms with E-state index in [1.54, 1.807) is 18.3 Å². The number of hydrogen-bond acceptors (Lipinski definition) is 5. The normalized spacial score (nSPS) is 16.2. The first-order valence-corrected chi connectivity index (χ1v) is 9.60. The van der Waals surface area contributed by atoms with Crippen molar-refractivity contribution < 1.29 is 14.6 Å². The monoisotopic (exact) mass is 406 g/mol. The highest BCUT2D eigenvalue weighted by Crippen LogP contribution is 2.38. The van der Waals surface area contributed by atoms with Crippen molar-refractivity contribution in [2.75, 3.05) is 25.0 Å². The van der Waals surface area contributed by atoms with Crippen LogP contribution in [0.3, 0.4) is 0 Å². The van der Waals surface area contributed by atoms with Gasteiger partial charge in [-0.15, -0.1) is 0 Å². The molecule has 29 heavy (non-hydrogen) atoms. The van der Waals surface area contributed by atoms with Gasteiger partial charge in [0.25, 0.3) is 0 Å². The molecule has 3 N–H and O–H groups in total. The largest absolute Gasteiger partial charge is 0.418 e. The van der Waals surface area contributed by atoms with Crippen molar-refractivity contribution in [3.05, 3.63) is 36.0 Å². The Morgan fingerprint density at radius 2 is 2.03 bits per heavy atom. The molecule has 9 heteroatoms.